The third kappa shape index (κ3) is 5.17. The van der Waals surface area contributed by atoms with Gasteiger partial charge in [-0.25, -0.2) is 9.52 Å². The number of hydrogen-bond acceptors (Lipinski definition) is 5. The topological polar surface area (TPSA) is 149 Å². The van der Waals surface area contributed by atoms with Crippen LogP contribution in [0.3, 0.4) is 0 Å². The second-order valence-corrected chi connectivity index (χ2v) is 11.3. The van der Waals surface area contributed by atoms with Crippen molar-refractivity contribution in [3.8, 4) is 0 Å². The summed E-state index contributed by atoms with van der Waals surface area (Å²) in [6.45, 7) is 2.87. The molecule has 3 aromatic rings. The van der Waals surface area contributed by atoms with Gasteiger partial charge in [0.15, 0.2) is 0 Å². The molecule has 0 radical (unpaired) electrons. The number of amides is 2. The van der Waals surface area contributed by atoms with E-state index in [0.29, 0.717) is 32.1 Å². The van der Waals surface area contributed by atoms with Gasteiger partial charge in [0, 0.05) is 30.9 Å². The van der Waals surface area contributed by atoms with Crippen LogP contribution in [0.25, 0.3) is 10.9 Å². The summed E-state index contributed by atoms with van der Waals surface area (Å²) in [6.07, 6.45) is 0.353. The second-order valence-electron chi connectivity index (χ2n) is 8.89. The number of carboxylic acids is 1. The van der Waals surface area contributed by atoms with Crippen LogP contribution < -0.4 is 10.0 Å². The van der Waals surface area contributed by atoms with Gasteiger partial charge in [0.1, 0.15) is 5.69 Å². The number of rotatable bonds is 6. The fourth-order valence-electron chi connectivity index (χ4n) is 4.65. The quantitative estimate of drug-likeness (QED) is 0.358. The van der Waals surface area contributed by atoms with Gasteiger partial charge in [-0.1, -0.05) is 35.3 Å². The molecule has 2 aromatic carbocycles. The van der Waals surface area contributed by atoms with Crippen molar-refractivity contribution in [2.45, 2.75) is 32.2 Å². The predicted molar refractivity (Wildman–Crippen MR) is 139 cm³/mol. The van der Waals surface area contributed by atoms with Gasteiger partial charge in [0.25, 0.3) is 5.91 Å². The lowest BCUT2D eigenvalue weighted by atomic mass is 9.81. The third-order valence-corrected chi connectivity index (χ3v) is 8.95. The first-order valence-corrected chi connectivity index (χ1v) is 13.5. The Bertz CT molecular complexity index is 1510. The molecular formula is C24H24Cl2N4O6S. The molecule has 196 valence electrons. The average molecular weight is 567 g/mol. The SMILES string of the molecule is CC(=O)NS(=O)(=O)N1CCC(NC(=O)c2[nH]c3ccc(Cl)c(Cl)c3c2C)(c2ccc(C(=O)O)cc2)CC1. The summed E-state index contributed by atoms with van der Waals surface area (Å²) in [4.78, 5) is 39.4. The monoisotopic (exact) mass is 566 g/mol. The van der Waals surface area contributed by atoms with E-state index in [-0.39, 0.29) is 37.2 Å². The largest absolute Gasteiger partial charge is 0.478 e. The number of carbonyl (C=O) groups excluding carboxylic acids is 2. The summed E-state index contributed by atoms with van der Waals surface area (Å²) >= 11 is 12.5. The fourth-order valence-corrected chi connectivity index (χ4v) is 6.27. The van der Waals surface area contributed by atoms with E-state index >= 15 is 0 Å². The summed E-state index contributed by atoms with van der Waals surface area (Å²) in [5, 5.41) is 13.6. The van der Waals surface area contributed by atoms with Crippen molar-refractivity contribution >= 4 is 62.1 Å². The van der Waals surface area contributed by atoms with Gasteiger partial charge in [-0.15, -0.1) is 0 Å². The number of halogens is 2. The summed E-state index contributed by atoms with van der Waals surface area (Å²) < 4.78 is 28.1. The Balaban J connectivity index is 1.70. The highest BCUT2D eigenvalue weighted by atomic mass is 35.5. The molecule has 0 bridgehead atoms. The van der Waals surface area contributed by atoms with Crippen molar-refractivity contribution < 1.29 is 27.9 Å². The number of carboxylic acid groups (broad SMARTS) is 1. The van der Waals surface area contributed by atoms with Gasteiger partial charge in [0.2, 0.25) is 5.91 Å². The summed E-state index contributed by atoms with van der Waals surface area (Å²) in [6, 6.07) is 9.43. The molecule has 1 aromatic heterocycles. The van der Waals surface area contributed by atoms with Gasteiger partial charge in [-0.3, -0.25) is 9.59 Å². The van der Waals surface area contributed by atoms with E-state index in [4.69, 9.17) is 23.2 Å². The van der Waals surface area contributed by atoms with Crippen LogP contribution in [0.5, 0.6) is 0 Å². The predicted octanol–water partition coefficient (Wildman–Crippen LogP) is 3.58. The van der Waals surface area contributed by atoms with Crippen LogP contribution in [0.2, 0.25) is 10.0 Å². The highest BCUT2D eigenvalue weighted by Crippen LogP contribution is 2.37. The minimum Gasteiger partial charge on any atom is -0.478 e. The molecule has 0 saturated carbocycles. The summed E-state index contributed by atoms with van der Waals surface area (Å²) in [7, 11) is -4.04. The average Bonchev–Trinajstić information content (AvgIpc) is 3.18. The molecule has 2 heterocycles. The van der Waals surface area contributed by atoms with Gasteiger partial charge < -0.3 is 15.4 Å². The molecule has 10 nitrogen and oxygen atoms in total. The molecule has 1 aliphatic heterocycles. The maximum atomic E-state index is 13.6. The molecule has 37 heavy (non-hydrogen) atoms. The molecule has 1 aliphatic rings. The number of aromatic amines is 1. The van der Waals surface area contributed by atoms with Crippen molar-refractivity contribution in [3.63, 3.8) is 0 Å². The normalized spacial score (nSPS) is 15.9. The molecule has 2 amide bonds. The van der Waals surface area contributed by atoms with Crippen molar-refractivity contribution in [2.75, 3.05) is 13.1 Å². The Morgan fingerprint density at radius 3 is 2.24 bits per heavy atom. The van der Waals surface area contributed by atoms with Gasteiger partial charge >= 0.3 is 16.2 Å². The molecular weight excluding hydrogens is 543 g/mol. The molecule has 1 saturated heterocycles. The van der Waals surface area contributed by atoms with Crippen LogP contribution in [0.15, 0.2) is 36.4 Å². The molecule has 13 heteroatoms. The number of fused-ring (bicyclic) bond motifs is 1. The molecule has 0 spiro atoms. The number of piperidine rings is 1. The van der Waals surface area contributed by atoms with E-state index in [0.717, 1.165) is 11.2 Å². The number of nitrogens with one attached hydrogen (secondary N) is 3. The number of benzene rings is 2. The van der Waals surface area contributed by atoms with E-state index in [9.17, 15) is 27.9 Å². The van der Waals surface area contributed by atoms with Crippen LogP contribution >= 0.6 is 23.2 Å². The number of H-pyrrole nitrogens is 1. The zero-order valence-corrected chi connectivity index (χ0v) is 22.2. The zero-order valence-electron chi connectivity index (χ0n) is 19.9. The summed E-state index contributed by atoms with van der Waals surface area (Å²) in [5.41, 5.74) is 1.19. The third-order valence-electron chi connectivity index (χ3n) is 6.56. The highest BCUT2D eigenvalue weighted by molar-refractivity contribution is 7.87. The molecule has 0 unspecified atom stereocenters. The smallest absolute Gasteiger partial charge is 0.335 e. The Morgan fingerprint density at radius 1 is 1.05 bits per heavy atom. The van der Waals surface area contributed by atoms with E-state index in [2.05, 4.69) is 10.3 Å². The number of aromatic nitrogens is 1. The Labute approximate surface area is 223 Å². The van der Waals surface area contributed by atoms with E-state index in [1.165, 1.54) is 12.1 Å². The Hall–Kier alpha value is -3.12. The van der Waals surface area contributed by atoms with E-state index in [1.807, 2.05) is 4.72 Å². The van der Waals surface area contributed by atoms with Crippen LogP contribution in [0.1, 0.15) is 51.7 Å². The number of aryl methyl sites for hydroxylation is 1. The zero-order chi connectivity index (χ0) is 27.1. The maximum Gasteiger partial charge on any atom is 0.335 e. The van der Waals surface area contributed by atoms with Crippen LogP contribution in [-0.4, -0.2) is 53.7 Å². The van der Waals surface area contributed by atoms with Crippen LogP contribution in [0, 0.1) is 6.92 Å². The van der Waals surface area contributed by atoms with Crippen molar-refractivity contribution in [3.05, 3.63) is 68.8 Å². The first-order chi connectivity index (χ1) is 17.3. The van der Waals surface area contributed by atoms with Gasteiger partial charge in [-0.05, 0) is 55.2 Å². The standard InChI is InChI=1S/C24H24Cl2N4O6S/c1-13-19-18(8-7-17(25)20(19)26)27-21(13)22(32)28-24(16-5-3-15(4-6-16)23(33)34)9-11-30(12-10-24)37(35,36)29-14(2)31/h3-8,27H,9-12H2,1-2H3,(H,28,32)(H,29,31)(H,33,34). The van der Waals surface area contributed by atoms with E-state index in [1.54, 1.807) is 31.2 Å². The molecule has 4 rings (SSSR count). The number of nitrogens with zero attached hydrogens (tertiary/aromatic N) is 1. The number of hydrogen-bond donors (Lipinski definition) is 4. The van der Waals surface area contributed by atoms with Crippen molar-refractivity contribution in [1.82, 2.24) is 19.3 Å². The minimum absolute atomic E-state index is 0.0106. The summed E-state index contributed by atoms with van der Waals surface area (Å²) in [5.74, 6) is -2.24. The lowest BCUT2D eigenvalue weighted by molar-refractivity contribution is -0.117. The first kappa shape index (κ1) is 26.9. The lowest BCUT2D eigenvalue weighted by Crippen LogP contribution is -2.56. The fraction of sp³-hybridized carbons (Fsp3) is 0.292. The molecule has 4 N–H and O–H groups in total. The van der Waals surface area contributed by atoms with Crippen LogP contribution in [0.4, 0.5) is 0 Å². The second kappa shape index (κ2) is 9.97. The van der Waals surface area contributed by atoms with Gasteiger partial charge in [0.05, 0.1) is 21.1 Å². The Morgan fingerprint density at radius 2 is 1.68 bits per heavy atom. The molecule has 0 aliphatic carbocycles. The number of carbonyl (C=O) groups is 3. The minimum atomic E-state index is -4.04. The highest BCUT2D eigenvalue weighted by Gasteiger charge is 2.41. The maximum absolute atomic E-state index is 13.6. The van der Waals surface area contributed by atoms with Gasteiger partial charge in [-0.2, -0.15) is 12.7 Å². The molecule has 1 fully saturated rings. The molecule has 0 atom stereocenters. The lowest BCUT2D eigenvalue weighted by Gasteiger charge is -2.42. The van der Waals surface area contributed by atoms with Crippen LogP contribution in [-0.2, 0) is 20.5 Å². The van der Waals surface area contributed by atoms with Crippen molar-refractivity contribution in [1.29, 1.82) is 0 Å². The number of aromatic carboxylic acids is 1. The van der Waals surface area contributed by atoms with Crippen molar-refractivity contribution in [2.24, 2.45) is 0 Å². The Kier molecular flexibility index (Phi) is 7.26. The first-order valence-electron chi connectivity index (χ1n) is 11.3. The van der Waals surface area contributed by atoms with E-state index < -0.39 is 33.5 Å².